The molecule has 0 saturated carbocycles. The Morgan fingerprint density at radius 2 is 1.90 bits per heavy atom. The SMILES string of the molecule is COc1ccc(CCn2ccc(C)c(C(=O)N(C)CC3(C)COC3)c2=O)cc1OC. The normalized spacial score (nSPS) is 14.7. The molecule has 162 valence electrons. The standard InChI is InChI=1S/C23H30N2O5/c1-16-8-10-25(11-9-17-6-7-18(28-4)19(12-17)29-5)22(27)20(16)21(26)24(3)13-23(2)14-30-15-23/h6-8,10,12H,9,11,13-15H2,1-5H3. The molecule has 3 rings (SSSR count). The maximum absolute atomic E-state index is 13.1. The van der Waals surface area contributed by atoms with Crippen LogP contribution in [0.25, 0.3) is 0 Å². The number of aromatic nitrogens is 1. The highest BCUT2D eigenvalue weighted by Crippen LogP contribution is 2.28. The third-order valence-electron chi connectivity index (χ3n) is 5.54. The van der Waals surface area contributed by atoms with Crippen LogP contribution in [0.3, 0.4) is 0 Å². The number of pyridine rings is 1. The van der Waals surface area contributed by atoms with E-state index in [0.29, 0.717) is 49.8 Å². The summed E-state index contributed by atoms with van der Waals surface area (Å²) >= 11 is 0. The van der Waals surface area contributed by atoms with Crippen molar-refractivity contribution < 1.29 is 19.0 Å². The predicted octanol–water partition coefficient (Wildman–Crippen LogP) is 2.53. The average Bonchev–Trinajstić information content (AvgIpc) is 2.71. The highest BCUT2D eigenvalue weighted by molar-refractivity contribution is 5.95. The van der Waals surface area contributed by atoms with Gasteiger partial charge in [0.05, 0.1) is 27.4 Å². The fourth-order valence-electron chi connectivity index (χ4n) is 3.76. The largest absolute Gasteiger partial charge is 0.493 e. The molecular weight excluding hydrogens is 384 g/mol. The second-order valence-electron chi connectivity index (χ2n) is 8.28. The molecule has 7 nitrogen and oxygen atoms in total. The van der Waals surface area contributed by atoms with E-state index < -0.39 is 0 Å². The zero-order chi connectivity index (χ0) is 21.9. The van der Waals surface area contributed by atoms with Crippen molar-refractivity contribution in [2.45, 2.75) is 26.8 Å². The Labute approximate surface area is 177 Å². The Kier molecular flexibility index (Phi) is 6.51. The molecule has 0 radical (unpaired) electrons. The zero-order valence-electron chi connectivity index (χ0n) is 18.4. The maximum Gasteiger partial charge on any atom is 0.263 e. The summed E-state index contributed by atoms with van der Waals surface area (Å²) in [6, 6.07) is 7.52. The van der Waals surface area contributed by atoms with Crippen LogP contribution in [0.2, 0.25) is 0 Å². The molecule has 2 aromatic rings. The minimum Gasteiger partial charge on any atom is -0.493 e. The molecule has 0 N–H and O–H groups in total. The number of methoxy groups -OCH3 is 2. The first kappa shape index (κ1) is 21.9. The third-order valence-corrected chi connectivity index (χ3v) is 5.54. The summed E-state index contributed by atoms with van der Waals surface area (Å²) in [5.74, 6) is 1.07. The molecule has 30 heavy (non-hydrogen) atoms. The van der Waals surface area contributed by atoms with E-state index in [1.165, 1.54) is 0 Å². The van der Waals surface area contributed by atoms with E-state index in [1.54, 1.807) is 43.9 Å². The van der Waals surface area contributed by atoms with E-state index in [1.807, 2.05) is 24.3 Å². The molecular formula is C23H30N2O5. The average molecular weight is 415 g/mol. The molecule has 0 bridgehead atoms. The van der Waals surface area contributed by atoms with Crippen molar-refractivity contribution in [2.24, 2.45) is 5.41 Å². The minimum absolute atomic E-state index is 0.0421. The van der Waals surface area contributed by atoms with Gasteiger partial charge in [-0.05, 0) is 42.7 Å². The van der Waals surface area contributed by atoms with Crippen molar-refractivity contribution in [1.29, 1.82) is 0 Å². The van der Waals surface area contributed by atoms with Crippen molar-refractivity contribution >= 4 is 5.91 Å². The monoisotopic (exact) mass is 414 g/mol. The first-order chi connectivity index (χ1) is 14.3. The van der Waals surface area contributed by atoms with Crippen molar-refractivity contribution in [1.82, 2.24) is 9.47 Å². The third kappa shape index (κ3) is 4.51. The Balaban J connectivity index is 1.77. The lowest BCUT2D eigenvalue weighted by atomic mass is 9.88. The van der Waals surface area contributed by atoms with Crippen molar-refractivity contribution in [3.8, 4) is 11.5 Å². The number of aryl methyl sites for hydroxylation is 3. The molecule has 1 aliphatic rings. The highest BCUT2D eigenvalue weighted by atomic mass is 16.5. The Morgan fingerprint density at radius 1 is 1.20 bits per heavy atom. The Bertz CT molecular complexity index is 978. The van der Waals surface area contributed by atoms with Gasteiger partial charge in [-0.15, -0.1) is 0 Å². The van der Waals surface area contributed by atoms with Gasteiger partial charge in [-0.3, -0.25) is 9.59 Å². The van der Waals surface area contributed by atoms with Crippen LogP contribution in [0.15, 0.2) is 35.3 Å². The number of rotatable bonds is 8. The lowest BCUT2D eigenvalue weighted by Gasteiger charge is -2.40. The molecule has 1 fully saturated rings. The molecule has 0 spiro atoms. The van der Waals surface area contributed by atoms with Crippen molar-refractivity contribution in [3.05, 3.63) is 57.5 Å². The van der Waals surface area contributed by atoms with Gasteiger partial charge in [-0.2, -0.15) is 0 Å². The zero-order valence-corrected chi connectivity index (χ0v) is 18.4. The van der Waals surface area contributed by atoms with Crippen LogP contribution in [0.4, 0.5) is 0 Å². The Morgan fingerprint density at radius 3 is 2.50 bits per heavy atom. The van der Waals surface area contributed by atoms with Gasteiger partial charge in [0.1, 0.15) is 5.56 Å². The van der Waals surface area contributed by atoms with Crippen molar-refractivity contribution in [2.75, 3.05) is 41.0 Å². The van der Waals surface area contributed by atoms with Crippen LogP contribution in [0.1, 0.15) is 28.4 Å². The summed E-state index contributed by atoms with van der Waals surface area (Å²) in [5.41, 5.74) is 1.63. The summed E-state index contributed by atoms with van der Waals surface area (Å²) in [7, 11) is 4.93. The first-order valence-electron chi connectivity index (χ1n) is 10.0. The second kappa shape index (κ2) is 8.92. The summed E-state index contributed by atoms with van der Waals surface area (Å²) in [6.45, 7) is 6.17. The predicted molar refractivity (Wildman–Crippen MR) is 115 cm³/mol. The highest BCUT2D eigenvalue weighted by Gasteiger charge is 2.36. The van der Waals surface area contributed by atoms with Gasteiger partial charge in [0.2, 0.25) is 0 Å². The van der Waals surface area contributed by atoms with E-state index in [0.717, 1.165) is 5.56 Å². The number of nitrogens with zero attached hydrogens (tertiary/aromatic N) is 2. The van der Waals surface area contributed by atoms with Crippen LogP contribution in [0, 0.1) is 12.3 Å². The van der Waals surface area contributed by atoms with Crippen LogP contribution in [-0.4, -0.2) is 56.4 Å². The van der Waals surface area contributed by atoms with Crippen LogP contribution < -0.4 is 15.0 Å². The number of carbonyl (C=O) groups excluding carboxylic acids is 1. The number of ether oxygens (including phenoxy) is 3. The quantitative estimate of drug-likeness (QED) is 0.664. The molecule has 1 amide bonds. The number of benzene rings is 1. The second-order valence-corrected chi connectivity index (χ2v) is 8.28. The number of hydrogen-bond acceptors (Lipinski definition) is 5. The molecule has 1 aromatic heterocycles. The summed E-state index contributed by atoms with van der Waals surface area (Å²) in [6.07, 6.45) is 2.37. The maximum atomic E-state index is 13.1. The molecule has 7 heteroatoms. The number of hydrogen-bond donors (Lipinski definition) is 0. The Hall–Kier alpha value is -2.80. The summed E-state index contributed by atoms with van der Waals surface area (Å²) in [4.78, 5) is 27.7. The van der Waals surface area contributed by atoms with Crippen molar-refractivity contribution in [3.63, 3.8) is 0 Å². The van der Waals surface area contributed by atoms with Gasteiger partial charge < -0.3 is 23.7 Å². The molecule has 0 atom stereocenters. The van der Waals surface area contributed by atoms with E-state index >= 15 is 0 Å². The van der Waals surface area contributed by atoms with E-state index in [4.69, 9.17) is 14.2 Å². The molecule has 0 unspecified atom stereocenters. The number of carbonyl (C=O) groups is 1. The topological polar surface area (TPSA) is 70.0 Å². The molecule has 2 heterocycles. The lowest BCUT2D eigenvalue weighted by Crippen LogP contribution is -2.50. The molecule has 1 saturated heterocycles. The van der Waals surface area contributed by atoms with Gasteiger partial charge in [0.25, 0.3) is 11.5 Å². The fourth-order valence-corrected chi connectivity index (χ4v) is 3.76. The van der Waals surface area contributed by atoms with Gasteiger partial charge in [-0.1, -0.05) is 13.0 Å². The minimum atomic E-state index is -0.262. The number of amides is 1. The first-order valence-corrected chi connectivity index (χ1v) is 10.0. The van der Waals surface area contributed by atoms with Crippen LogP contribution >= 0.6 is 0 Å². The summed E-state index contributed by atoms with van der Waals surface area (Å²) < 4.78 is 17.5. The van der Waals surface area contributed by atoms with Crippen LogP contribution in [0.5, 0.6) is 11.5 Å². The van der Waals surface area contributed by atoms with Gasteiger partial charge in [0, 0.05) is 31.7 Å². The lowest BCUT2D eigenvalue weighted by molar-refractivity contribution is -0.109. The van der Waals surface area contributed by atoms with E-state index in [9.17, 15) is 9.59 Å². The molecule has 1 aromatic carbocycles. The van der Waals surface area contributed by atoms with Crippen LogP contribution in [-0.2, 0) is 17.7 Å². The smallest absolute Gasteiger partial charge is 0.263 e. The van der Waals surface area contributed by atoms with Gasteiger partial charge >= 0.3 is 0 Å². The van der Waals surface area contributed by atoms with E-state index in [2.05, 4.69) is 6.92 Å². The molecule has 0 aliphatic carbocycles. The fraction of sp³-hybridized carbons (Fsp3) is 0.478. The van der Waals surface area contributed by atoms with Gasteiger partial charge in [0.15, 0.2) is 11.5 Å². The summed E-state index contributed by atoms with van der Waals surface area (Å²) in [5, 5.41) is 0. The molecule has 1 aliphatic heterocycles. The van der Waals surface area contributed by atoms with Gasteiger partial charge in [-0.25, -0.2) is 0 Å². The van der Waals surface area contributed by atoms with E-state index in [-0.39, 0.29) is 22.4 Å².